The molecule has 90 valence electrons. The molecule has 0 aliphatic rings. The van der Waals surface area contributed by atoms with Crippen LogP contribution in [0.4, 0.5) is 8.78 Å². The van der Waals surface area contributed by atoms with Gasteiger partial charge >= 0.3 is 0 Å². The van der Waals surface area contributed by atoms with Crippen LogP contribution in [-0.4, -0.2) is 13.5 Å². The van der Waals surface area contributed by atoms with E-state index in [4.69, 9.17) is 0 Å². The minimum absolute atomic E-state index is 0.605. The summed E-state index contributed by atoms with van der Waals surface area (Å²) in [4.78, 5) is 0. The van der Waals surface area contributed by atoms with Crippen molar-refractivity contribution in [1.82, 2.24) is 5.32 Å². The monoisotopic (exact) mass is 235 g/mol. The Morgan fingerprint density at radius 3 is 2.29 bits per heavy atom. The molecule has 0 spiro atoms. The number of rotatable bonds is 3. The molecule has 0 aliphatic carbocycles. The third-order valence-electron chi connectivity index (χ3n) is 3.30. The van der Waals surface area contributed by atoms with Gasteiger partial charge in [-0.2, -0.15) is 0 Å². The van der Waals surface area contributed by atoms with Crippen LogP contribution < -0.4 is 5.32 Å². The van der Waals surface area contributed by atoms with Gasteiger partial charge in [-0.1, -0.05) is 36.4 Å². The number of nitrogens with one attached hydrogen (secondary N) is 1. The highest BCUT2D eigenvalue weighted by molar-refractivity contribution is 5.83. The molecule has 0 aliphatic heterocycles. The summed E-state index contributed by atoms with van der Waals surface area (Å²) in [6.45, 7) is 1.52. The zero-order valence-corrected chi connectivity index (χ0v) is 9.87. The lowest BCUT2D eigenvalue weighted by molar-refractivity contribution is 0.0432. The summed E-state index contributed by atoms with van der Waals surface area (Å²) >= 11 is 0. The molecule has 1 N–H and O–H groups in total. The highest BCUT2D eigenvalue weighted by Crippen LogP contribution is 2.29. The van der Waals surface area contributed by atoms with E-state index in [1.54, 1.807) is 13.1 Å². The number of hydrogen-bond donors (Lipinski definition) is 1. The second-order valence-corrected chi connectivity index (χ2v) is 4.31. The van der Waals surface area contributed by atoms with Crippen LogP contribution in [0.3, 0.4) is 0 Å². The smallest absolute Gasteiger partial charge is 0.260 e. The van der Waals surface area contributed by atoms with Crippen molar-refractivity contribution in [2.75, 3.05) is 7.05 Å². The van der Waals surface area contributed by atoms with Crippen molar-refractivity contribution in [3.05, 3.63) is 48.0 Å². The van der Waals surface area contributed by atoms with Crippen LogP contribution in [0.25, 0.3) is 10.8 Å². The first-order chi connectivity index (χ1) is 8.08. The molecule has 1 unspecified atom stereocenters. The van der Waals surface area contributed by atoms with Gasteiger partial charge in [0.15, 0.2) is 0 Å². The summed E-state index contributed by atoms with van der Waals surface area (Å²) in [6.07, 6.45) is -2.45. The Morgan fingerprint density at radius 1 is 1.06 bits per heavy atom. The molecule has 0 amide bonds. The topological polar surface area (TPSA) is 12.0 Å². The molecule has 0 heterocycles. The van der Waals surface area contributed by atoms with Crippen LogP contribution in [0, 0.1) is 0 Å². The van der Waals surface area contributed by atoms with Gasteiger partial charge in [0.05, 0.1) is 0 Å². The highest BCUT2D eigenvalue weighted by Gasteiger charge is 2.35. The van der Waals surface area contributed by atoms with Gasteiger partial charge in [-0.25, -0.2) is 8.78 Å². The van der Waals surface area contributed by atoms with Crippen molar-refractivity contribution < 1.29 is 8.78 Å². The van der Waals surface area contributed by atoms with Crippen LogP contribution in [-0.2, 0) is 5.54 Å². The van der Waals surface area contributed by atoms with Crippen molar-refractivity contribution in [2.24, 2.45) is 0 Å². The lowest BCUT2D eigenvalue weighted by Crippen LogP contribution is -2.43. The SMILES string of the molecule is CNC(C)(c1ccc2ccccc2c1)C(F)F. The van der Waals surface area contributed by atoms with E-state index in [0.29, 0.717) is 5.56 Å². The number of benzene rings is 2. The van der Waals surface area contributed by atoms with Crippen molar-refractivity contribution in [2.45, 2.75) is 18.9 Å². The molecule has 0 radical (unpaired) electrons. The second-order valence-electron chi connectivity index (χ2n) is 4.31. The van der Waals surface area contributed by atoms with Crippen LogP contribution in [0.5, 0.6) is 0 Å². The van der Waals surface area contributed by atoms with E-state index >= 15 is 0 Å². The predicted octanol–water partition coefficient (Wildman–Crippen LogP) is 3.54. The molecule has 0 aromatic heterocycles. The van der Waals surface area contributed by atoms with E-state index in [1.807, 2.05) is 36.4 Å². The molecule has 0 fully saturated rings. The first-order valence-electron chi connectivity index (χ1n) is 5.54. The Kier molecular flexibility index (Phi) is 3.11. The van der Waals surface area contributed by atoms with Gasteiger partial charge in [-0.3, -0.25) is 0 Å². The van der Waals surface area contributed by atoms with Gasteiger partial charge in [0.1, 0.15) is 5.54 Å². The fourth-order valence-corrected chi connectivity index (χ4v) is 1.89. The van der Waals surface area contributed by atoms with Gasteiger partial charge in [0.2, 0.25) is 0 Å². The van der Waals surface area contributed by atoms with E-state index in [2.05, 4.69) is 5.32 Å². The average Bonchev–Trinajstić information content (AvgIpc) is 2.37. The maximum Gasteiger partial charge on any atom is 0.260 e. The van der Waals surface area contributed by atoms with E-state index in [9.17, 15) is 8.78 Å². The molecule has 2 aromatic carbocycles. The number of halogens is 2. The molecule has 1 nitrogen and oxygen atoms in total. The first-order valence-corrected chi connectivity index (χ1v) is 5.54. The molecule has 17 heavy (non-hydrogen) atoms. The van der Waals surface area contributed by atoms with Gasteiger partial charge in [-0.15, -0.1) is 0 Å². The molecule has 2 aromatic rings. The quantitative estimate of drug-likeness (QED) is 0.858. The summed E-state index contributed by atoms with van der Waals surface area (Å²) in [5.41, 5.74) is -0.696. The van der Waals surface area contributed by atoms with Crippen molar-refractivity contribution >= 4 is 10.8 Å². The number of hydrogen-bond acceptors (Lipinski definition) is 1. The lowest BCUT2D eigenvalue weighted by Gasteiger charge is -2.29. The van der Waals surface area contributed by atoms with Crippen LogP contribution in [0.2, 0.25) is 0 Å². The summed E-state index contributed by atoms with van der Waals surface area (Å²) in [5, 5.41) is 4.75. The maximum atomic E-state index is 13.1. The Labute approximate surface area is 99.5 Å². The van der Waals surface area contributed by atoms with E-state index in [1.165, 1.54) is 6.92 Å². The molecule has 0 saturated heterocycles. The van der Waals surface area contributed by atoms with Gasteiger partial charge in [0.25, 0.3) is 6.43 Å². The Balaban J connectivity index is 2.55. The molecule has 2 rings (SSSR count). The minimum Gasteiger partial charge on any atom is -0.306 e. The summed E-state index contributed by atoms with van der Waals surface area (Å²) in [7, 11) is 1.56. The predicted molar refractivity (Wildman–Crippen MR) is 66.4 cm³/mol. The minimum atomic E-state index is -2.45. The van der Waals surface area contributed by atoms with Gasteiger partial charge in [-0.05, 0) is 36.4 Å². The standard InChI is InChI=1S/C14H15F2N/c1-14(17-2,13(15)16)12-8-7-10-5-3-4-6-11(10)9-12/h3-9,13,17H,1-2H3. The zero-order valence-electron chi connectivity index (χ0n) is 9.87. The molecular formula is C14H15F2N. The third-order valence-corrected chi connectivity index (χ3v) is 3.30. The van der Waals surface area contributed by atoms with E-state index < -0.39 is 12.0 Å². The van der Waals surface area contributed by atoms with Crippen LogP contribution in [0.1, 0.15) is 12.5 Å². The third kappa shape index (κ3) is 2.03. The van der Waals surface area contributed by atoms with E-state index in [0.717, 1.165) is 10.8 Å². The van der Waals surface area contributed by atoms with Crippen LogP contribution >= 0.6 is 0 Å². The first kappa shape index (κ1) is 12.0. The molecular weight excluding hydrogens is 220 g/mol. The Hall–Kier alpha value is -1.48. The largest absolute Gasteiger partial charge is 0.306 e. The lowest BCUT2D eigenvalue weighted by atomic mass is 9.91. The fourth-order valence-electron chi connectivity index (χ4n) is 1.89. The Morgan fingerprint density at radius 2 is 1.71 bits per heavy atom. The second kappa shape index (κ2) is 4.41. The molecule has 1 atom stereocenters. The van der Waals surface area contributed by atoms with Crippen molar-refractivity contribution in [1.29, 1.82) is 0 Å². The van der Waals surface area contributed by atoms with Crippen molar-refractivity contribution in [3.8, 4) is 0 Å². The summed E-state index contributed by atoms with van der Waals surface area (Å²) in [6, 6.07) is 13.2. The van der Waals surface area contributed by atoms with E-state index in [-0.39, 0.29) is 0 Å². The zero-order chi connectivity index (χ0) is 12.5. The van der Waals surface area contributed by atoms with Crippen LogP contribution in [0.15, 0.2) is 42.5 Å². The summed E-state index contributed by atoms with van der Waals surface area (Å²) in [5.74, 6) is 0. The van der Waals surface area contributed by atoms with Gasteiger partial charge in [0, 0.05) is 0 Å². The highest BCUT2D eigenvalue weighted by atomic mass is 19.3. The maximum absolute atomic E-state index is 13.1. The molecule has 3 heteroatoms. The summed E-state index contributed by atoms with van der Waals surface area (Å²) < 4.78 is 26.2. The molecule has 0 bridgehead atoms. The number of alkyl halides is 2. The fraction of sp³-hybridized carbons (Fsp3) is 0.286. The van der Waals surface area contributed by atoms with Crippen molar-refractivity contribution in [3.63, 3.8) is 0 Å². The Bertz CT molecular complexity index is 524. The average molecular weight is 235 g/mol. The normalized spacial score (nSPS) is 15.1. The van der Waals surface area contributed by atoms with Gasteiger partial charge < -0.3 is 5.32 Å². The number of fused-ring (bicyclic) bond motifs is 1. The molecule has 0 saturated carbocycles.